The molecule has 4 amide bonds. The minimum Gasteiger partial charge on any atom is -0.391 e. The lowest BCUT2D eigenvalue weighted by Crippen LogP contribution is -2.56. The van der Waals surface area contributed by atoms with Crippen LogP contribution in [0.2, 0.25) is 0 Å². The van der Waals surface area contributed by atoms with Crippen molar-refractivity contribution in [2.75, 3.05) is 70.9 Å². The molecule has 14 nitrogen and oxygen atoms in total. The lowest BCUT2D eigenvalue weighted by atomic mass is 9.83. The molecule has 5 rings (SSSR count). The summed E-state index contributed by atoms with van der Waals surface area (Å²) in [6.07, 6.45) is 1.42. The van der Waals surface area contributed by atoms with Crippen molar-refractivity contribution >= 4 is 40.8 Å². The summed E-state index contributed by atoms with van der Waals surface area (Å²) in [5.41, 5.74) is 4.22. The summed E-state index contributed by atoms with van der Waals surface area (Å²) in [6, 6.07) is 10.2. The SMILES string of the molecule is CNCCN1CCN(c2ccc(C(=O)NCC(=O)N[C@@H](C)C(C)(C)C(=O)N3C[C@H](O)C[C@H]3C(=O)NCCc3ccc(-c4scnc4C)cc3)cn2)CC1. The minimum atomic E-state index is -1.11. The molecule has 0 saturated carbocycles. The molecular formula is C38H53N9O5S. The average Bonchev–Trinajstić information content (AvgIpc) is 3.78. The van der Waals surface area contributed by atoms with Gasteiger partial charge in [0, 0.05) is 71.0 Å². The molecule has 0 bridgehead atoms. The smallest absolute Gasteiger partial charge is 0.253 e. The van der Waals surface area contributed by atoms with Crippen LogP contribution in [0.3, 0.4) is 0 Å². The molecule has 0 aliphatic carbocycles. The molecule has 2 fully saturated rings. The van der Waals surface area contributed by atoms with Gasteiger partial charge in [-0.05, 0) is 64.4 Å². The van der Waals surface area contributed by atoms with E-state index in [9.17, 15) is 24.3 Å². The number of aryl methyl sites for hydroxylation is 1. The molecule has 53 heavy (non-hydrogen) atoms. The molecule has 5 N–H and O–H groups in total. The summed E-state index contributed by atoms with van der Waals surface area (Å²) in [4.78, 5) is 68.8. The monoisotopic (exact) mass is 747 g/mol. The van der Waals surface area contributed by atoms with E-state index >= 15 is 0 Å². The average molecular weight is 748 g/mol. The maximum Gasteiger partial charge on any atom is 0.253 e. The Kier molecular flexibility index (Phi) is 13.5. The molecule has 0 spiro atoms. The fourth-order valence-electron chi connectivity index (χ4n) is 6.61. The van der Waals surface area contributed by atoms with Crippen LogP contribution >= 0.6 is 11.3 Å². The van der Waals surface area contributed by atoms with Crippen molar-refractivity contribution < 1.29 is 24.3 Å². The molecule has 0 unspecified atom stereocenters. The van der Waals surface area contributed by atoms with Gasteiger partial charge in [0.15, 0.2) is 0 Å². The highest BCUT2D eigenvalue weighted by molar-refractivity contribution is 7.13. The number of nitrogens with one attached hydrogen (secondary N) is 4. The number of aromatic nitrogens is 2. The molecule has 2 aromatic heterocycles. The summed E-state index contributed by atoms with van der Waals surface area (Å²) >= 11 is 1.60. The number of hydrogen-bond acceptors (Lipinski definition) is 11. The van der Waals surface area contributed by atoms with Gasteiger partial charge in [0.2, 0.25) is 17.7 Å². The Labute approximate surface area is 315 Å². The number of likely N-dealkylation sites (N-methyl/N-ethyl adjacent to an activating group) is 1. The Morgan fingerprint density at radius 1 is 1.00 bits per heavy atom. The van der Waals surface area contributed by atoms with E-state index in [1.807, 2.05) is 49.8 Å². The number of benzene rings is 1. The standard InChI is InChI=1S/C38H53N9O5S/c1-25-34(53-24-43-25)28-8-6-27(7-9-28)12-13-40-36(51)31-20-30(48)23-47(31)37(52)38(3,4)26(2)44-33(49)22-42-35(50)29-10-11-32(41-21-29)46-18-16-45(17-19-46)15-14-39-5/h6-11,21,24,26,30-31,39,48H,12-20,22-23H2,1-5H3,(H,40,51)(H,42,50)(H,44,49)/t26-,30+,31-/m0/s1. The third-order valence-electron chi connectivity index (χ3n) is 10.3. The first kappa shape index (κ1) is 39.8. The number of rotatable bonds is 15. The molecule has 1 aromatic carbocycles. The summed E-state index contributed by atoms with van der Waals surface area (Å²) in [6.45, 7) is 12.8. The van der Waals surface area contributed by atoms with Crippen LogP contribution in [0.1, 0.15) is 48.8 Å². The van der Waals surface area contributed by atoms with E-state index < -0.39 is 35.4 Å². The van der Waals surface area contributed by atoms with Crippen LogP contribution in [-0.4, -0.2) is 133 Å². The molecule has 2 saturated heterocycles. The Balaban J connectivity index is 1.06. The number of aliphatic hydroxyl groups excluding tert-OH is 1. The van der Waals surface area contributed by atoms with Crippen LogP contribution in [0, 0.1) is 12.3 Å². The van der Waals surface area contributed by atoms with E-state index in [1.165, 1.54) is 11.1 Å². The number of carbonyl (C=O) groups excluding carboxylic acids is 4. The minimum absolute atomic E-state index is 0.0230. The van der Waals surface area contributed by atoms with Gasteiger partial charge < -0.3 is 36.2 Å². The summed E-state index contributed by atoms with van der Waals surface area (Å²) < 4.78 is 0. The van der Waals surface area contributed by atoms with Crippen LogP contribution in [-0.2, 0) is 20.8 Å². The van der Waals surface area contributed by atoms with Gasteiger partial charge in [0.05, 0.1) is 39.7 Å². The number of piperazine rings is 1. The second-order valence-corrected chi connectivity index (χ2v) is 15.3. The van der Waals surface area contributed by atoms with Crippen molar-refractivity contribution in [1.29, 1.82) is 0 Å². The topological polar surface area (TPSA) is 172 Å². The van der Waals surface area contributed by atoms with Crippen LogP contribution < -0.4 is 26.2 Å². The maximum atomic E-state index is 13.8. The largest absolute Gasteiger partial charge is 0.391 e. The number of likely N-dealkylation sites (tertiary alicyclic amines) is 1. The molecule has 4 heterocycles. The molecular weight excluding hydrogens is 695 g/mol. The highest BCUT2D eigenvalue weighted by Gasteiger charge is 2.46. The molecule has 15 heteroatoms. The van der Waals surface area contributed by atoms with Crippen LogP contribution in [0.15, 0.2) is 48.1 Å². The zero-order valence-corrected chi connectivity index (χ0v) is 32.2. The first-order valence-electron chi connectivity index (χ1n) is 18.3. The zero-order valence-electron chi connectivity index (χ0n) is 31.4. The van der Waals surface area contributed by atoms with Gasteiger partial charge in [-0.3, -0.25) is 24.1 Å². The third kappa shape index (κ3) is 10.2. The first-order chi connectivity index (χ1) is 25.4. The number of anilines is 1. The van der Waals surface area contributed by atoms with Crippen LogP contribution in [0.25, 0.3) is 10.4 Å². The van der Waals surface area contributed by atoms with Gasteiger partial charge in [0.25, 0.3) is 5.91 Å². The van der Waals surface area contributed by atoms with E-state index in [0.717, 1.165) is 66.8 Å². The van der Waals surface area contributed by atoms with Gasteiger partial charge >= 0.3 is 0 Å². The molecule has 0 radical (unpaired) electrons. The van der Waals surface area contributed by atoms with Gasteiger partial charge in [-0.1, -0.05) is 24.3 Å². The lowest BCUT2D eigenvalue weighted by molar-refractivity contribution is -0.147. The van der Waals surface area contributed by atoms with Crippen molar-refractivity contribution in [1.82, 2.24) is 41.0 Å². The lowest BCUT2D eigenvalue weighted by Gasteiger charge is -2.36. The van der Waals surface area contributed by atoms with E-state index in [4.69, 9.17) is 0 Å². The van der Waals surface area contributed by atoms with Gasteiger partial charge in [-0.2, -0.15) is 0 Å². The van der Waals surface area contributed by atoms with Crippen LogP contribution in [0.5, 0.6) is 0 Å². The third-order valence-corrected chi connectivity index (χ3v) is 11.3. The highest BCUT2D eigenvalue weighted by Crippen LogP contribution is 2.30. The van der Waals surface area contributed by atoms with Gasteiger partial charge in [-0.15, -0.1) is 11.3 Å². The van der Waals surface area contributed by atoms with E-state index in [1.54, 1.807) is 38.2 Å². The Morgan fingerprint density at radius 2 is 1.74 bits per heavy atom. The first-order valence-corrected chi connectivity index (χ1v) is 19.2. The maximum absolute atomic E-state index is 13.8. The van der Waals surface area contributed by atoms with Gasteiger partial charge in [0.1, 0.15) is 11.9 Å². The second kappa shape index (κ2) is 18.1. The Bertz CT molecular complexity index is 1710. The normalized spacial score (nSPS) is 18.5. The van der Waals surface area contributed by atoms with Gasteiger partial charge in [-0.25, -0.2) is 9.97 Å². The molecule has 3 atom stereocenters. The predicted molar refractivity (Wildman–Crippen MR) is 206 cm³/mol. The number of hydrogen-bond donors (Lipinski definition) is 5. The Hall–Kier alpha value is -4.44. The van der Waals surface area contributed by atoms with E-state index in [0.29, 0.717) is 18.5 Å². The Morgan fingerprint density at radius 3 is 2.38 bits per heavy atom. The predicted octanol–water partition coefficient (Wildman–Crippen LogP) is 1.44. The number of β-amino-alcohol motifs (C(OH)–C–C–N with tert-alkyl or cyclic N) is 1. The van der Waals surface area contributed by atoms with Crippen molar-refractivity contribution in [3.63, 3.8) is 0 Å². The van der Waals surface area contributed by atoms with Crippen molar-refractivity contribution in [2.45, 2.75) is 58.7 Å². The summed E-state index contributed by atoms with van der Waals surface area (Å²) in [5.74, 6) is -0.763. The summed E-state index contributed by atoms with van der Waals surface area (Å²) in [7, 11) is 1.95. The fourth-order valence-corrected chi connectivity index (χ4v) is 7.42. The molecule has 286 valence electrons. The highest BCUT2D eigenvalue weighted by atomic mass is 32.1. The molecule has 2 aliphatic heterocycles. The molecule has 2 aliphatic rings. The number of carbonyl (C=O) groups is 4. The van der Waals surface area contributed by atoms with E-state index in [2.05, 4.69) is 41.0 Å². The fraction of sp³-hybridized carbons (Fsp3) is 0.526. The number of pyridine rings is 1. The zero-order chi connectivity index (χ0) is 38.1. The number of nitrogens with zero attached hydrogens (tertiary/aromatic N) is 5. The molecule has 3 aromatic rings. The van der Waals surface area contributed by atoms with Crippen molar-refractivity contribution in [2.24, 2.45) is 5.41 Å². The summed E-state index contributed by atoms with van der Waals surface area (Å²) in [5, 5.41) is 22.1. The van der Waals surface area contributed by atoms with Crippen molar-refractivity contribution in [3.8, 4) is 10.4 Å². The number of amides is 4. The second-order valence-electron chi connectivity index (χ2n) is 14.4. The van der Waals surface area contributed by atoms with Crippen molar-refractivity contribution in [3.05, 3.63) is 64.9 Å². The van der Waals surface area contributed by atoms with Crippen LogP contribution in [0.4, 0.5) is 5.82 Å². The number of aliphatic hydroxyl groups is 1. The number of thiazole rings is 1. The van der Waals surface area contributed by atoms with E-state index in [-0.39, 0.29) is 31.3 Å². The quantitative estimate of drug-likeness (QED) is 0.153.